The van der Waals surface area contributed by atoms with E-state index in [2.05, 4.69) is 16.9 Å². The Morgan fingerprint density at radius 3 is 2.38 bits per heavy atom. The largest absolute Gasteiger partial charge is 0.508 e. The molecule has 0 spiro atoms. The molecule has 1 saturated heterocycles. The van der Waals surface area contributed by atoms with Crippen molar-refractivity contribution in [3.63, 3.8) is 0 Å². The van der Waals surface area contributed by atoms with Crippen molar-refractivity contribution in [3.8, 4) is 11.4 Å². The molecule has 2 heterocycles. The second-order valence-corrected chi connectivity index (χ2v) is 7.71. The van der Waals surface area contributed by atoms with Gasteiger partial charge in [0.15, 0.2) is 11.6 Å². The molecule has 1 aromatic heterocycles. The molecule has 1 aliphatic rings. The Labute approximate surface area is 171 Å². The van der Waals surface area contributed by atoms with E-state index in [1.807, 2.05) is 24.5 Å². The molecule has 3 rings (SSSR count). The van der Waals surface area contributed by atoms with E-state index in [4.69, 9.17) is 19.3 Å². The Bertz CT molecular complexity index is 820. The van der Waals surface area contributed by atoms with Crippen molar-refractivity contribution in [1.82, 2.24) is 9.97 Å². The molecule has 7 heteroatoms. The average Bonchev–Trinajstić information content (AvgIpc) is 3.01. The number of nitrogens with zero attached hydrogens (tertiary/aromatic N) is 2. The molecule has 7 nitrogen and oxygen atoms in total. The van der Waals surface area contributed by atoms with Gasteiger partial charge in [-0.1, -0.05) is 50.5 Å². The number of benzene rings is 1. The first-order chi connectivity index (χ1) is 13.8. The lowest BCUT2D eigenvalue weighted by atomic mass is 10.0. The molecular formula is C22H28N2O5. The van der Waals surface area contributed by atoms with Crippen molar-refractivity contribution in [2.75, 3.05) is 6.61 Å². The van der Waals surface area contributed by atoms with Gasteiger partial charge in [-0.15, -0.1) is 0 Å². The SMILES string of the molecule is CCCCCCc1cnc(-c2ccc([C@@]3(OC(=O)O)COC(C)(C)O3)cc2)nc1. The summed E-state index contributed by atoms with van der Waals surface area (Å²) in [6.45, 7) is 5.61. The van der Waals surface area contributed by atoms with Crippen LogP contribution in [0.15, 0.2) is 36.7 Å². The number of aromatic nitrogens is 2. The van der Waals surface area contributed by atoms with E-state index in [0.717, 1.165) is 24.0 Å². The van der Waals surface area contributed by atoms with Crippen LogP contribution in [0.1, 0.15) is 57.6 Å². The predicted octanol–water partition coefficient (Wildman–Crippen LogP) is 4.90. The Morgan fingerprint density at radius 2 is 1.83 bits per heavy atom. The van der Waals surface area contributed by atoms with Crippen LogP contribution in [-0.2, 0) is 26.4 Å². The zero-order valence-corrected chi connectivity index (χ0v) is 17.2. The number of carboxylic acid groups (broad SMARTS) is 1. The Balaban J connectivity index is 1.73. The number of carbonyl (C=O) groups is 1. The Morgan fingerprint density at radius 1 is 1.14 bits per heavy atom. The van der Waals surface area contributed by atoms with Crippen LogP contribution in [0.25, 0.3) is 11.4 Å². The first-order valence-corrected chi connectivity index (χ1v) is 10.0. The molecular weight excluding hydrogens is 372 g/mol. The van der Waals surface area contributed by atoms with Crippen molar-refractivity contribution < 1.29 is 24.1 Å². The summed E-state index contributed by atoms with van der Waals surface area (Å²) in [7, 11) is 0. The van der Waals surface area contributed by atoms with Gasteiger partial charge >= 0.3 is 6.16 Å². The lowest BCUT2D eigenvalue weighted by Crippen LogP contribution is -2.36. The molecule has 156 valence electrons. The van der Waals surface area contributed by atoms with Crippen molar-refractivity contribution in [1.29, 1.82) is 0 Å². The van der Waals surface area contributed by atoms with Crippen LogP contribution >= 0.6 is 0 Å². The molecule has 0 unspecified atom stereocenters. The summed E-state index contributed by atoms with van der Waals surface area (Å²) in [5.41, 5.74) is 2.52. The fourth-order valence-electron chi connectivity index (χ4n) is 3.38. The van der Waals surface area contributed by atoms with Crippen molar-refractivity contribution in [2.45, 2.75) is 64.4 Å². The number of unbranched alkanes of at least 4 members (excludes halogenated alkanes) is 3. The zero-order chi connectivity index (χ0) is 20.9. The van der Waals surface area contributed by atoms with Crippen molar-refractivity contribution in [3.05, 3.63) is 47.8 Å². The topological polar surface area (TPSA) is 90.8 Å². The minimum Gasteiger partial charge on any atom is -0.450 e. The lowest BCUT2D eigenvalue weighted by molar-refractivity contribution is -0.240. The summed E-state index contributed by atoms with van der Waals surface area (Å²) >= 11 is 0. The van der Waals surface area contributed by atoms with Crippen LogP contribution in [0.4, 0.5) is 4.79 Å². The highest BCUT2D eigenvalue weighted by Gasteiger charge is 2.50. The summed E-state index contributed by atoms with van der Waals surface area (Å²) in [4.78, 5) is 20.1. The van der Waals surface area contributed by atoms with Crippen LogP contribution in [0.2, 0.25) is 0 Å². The molecule has 0 saturated carbocycles. The van der Waals surface area contributed by atoms with Crippen LogP contribution in [0, 0.1) is 0 Å². The van der Waals surface area contributed by atoms with Crippen LogP contribution < -0.4 is 0 Å². The van der Waals surface area contributed by atoms with E-state index in [0.29, 0.717) is 11.4 Å². The first kappa shape index (κ1) is 21.2. The van der Waals surface area contributed by atoms with Crippen LogP contribution in [-0.4, -0.2) is 33.6 Å². The fraction of sp³-hybridized carbons (Fsp3) is 0.500. The third-order valence-corrected chi connectivity index (χ3v) is 4.88. The highest BCUT2D eigenvalue weighted by molar-refractivity contribution is 5.59. The molecule has 1 atom stereocenters. The molecule has 1 aliphatic heterocycles. The van der Waals surface area contributed by atoms with Gasteiger partial charge < -0.3 is 19.3 Å². The van der Waals surface area contributed by atoms with E-state index in [1.165, 1.54) is 19.3 Å². The molecule has 1 fully saturated rings. The van der Waals surface area contributed by atoms with Gasteiger partial charge in [0.1, 0.15) is 6.61 Å². The van der Waals surface area contributed by atoms with Gasteiger partial charge in [-0.2, -0.15) is 0 Å². The molecule has 1 aromatic carbocycles. The van der Waals surface area contributed by atoms with Crippen molar-refractivity contribution >= 4 is 6.16 Å². The minimum atomic E-state index is -1.49. The van der Waals surface area contributed by atoms with Gasteiger partial charge in [0.05, 0.1) is 0 Å². The highest BCUT2D eigenvalue weighted by atomic mass is 16.9. The van der Waals surface area contributed by atoms with Crippen molar-refractivity contribution in [2.24, 2.45) is 0 Å². The summed E-state index contributed by atoms with van der Waals surface area (Å²) in [6, 6.07) is 7.16. The van der Waals surface area contributed by atoms with Gasteiger partial charge in [0, 0.05) is 23.5 Å². The Hall–Kier alpha value is -2.51. The summed E-state index contributed by atoms with van der Waals surface area (Å²) < 4.78 is 16.4. The highest BCUT2D eigenvalue weighted by Crippen LogP contribution is 2.40. The molecule has 0 amide bonds. The fourth-order valence-corrected chi connectivity index (χ4v) is 3.38. The molecule has 0 bridgehead atoms. The van der Waals surface area contributed by atoms with E-state index < -0.39 is 17.7 Å². The normalized spacial score (nSPS) is 20.5. The number of hydrogen-bond donors (Lipinski definition) is 1. The lowest BCUT2D eigenvalue weighted by Gasteiger charge is -2.27. The number of hydrogen-bond acceptors (Lipinski definition) is 6. The van der Waals surface area contributed by atoms with E-state index in [9.17, 15) is 4.79 Å². The van der Waals surface area contributed by atoms with Gasteiger partial charge in [-0.25, -0.2) is 14.8 Å². The third-order valence-electron chi connectivity index (χ3n) is 4.88. The average molecular weight is 400 g/mol. The quantitative estimate of drug-likeness (QED) is 0.498. The molecule has 0 aliphatic carbocycles. The molecule has 2 aromatic rings. The number of rotatable bonds is 8. The van der Waals surface area contributed by atoms with Crippen LogP contribution in [0.3, 0.4) is 0 Å². The molecule has 1 N–H and O–H groups in total. The van der Waals surface area contributed by atoms with E-state index >= 15 is 0 Å². The maximum absolute atomic E-state index is 11.2. The van der Waals surface area contributed by atoms with Crippen LogP contribution in [0.5, 0.6) is 0 Å². The summed E-state index contributed by atoms with van der Waals surface area (Å²) in [6.07, 6.45) is 8.15. The number of ether oxygens (including phenoxy) is 3. The summed E-state index contributed by atoms with van der Waals surface area (Å²) in [5.74, 6) is -1.81. The van der Waals surface area contributed by atoms with Gasteiger partial charge in [0.25, 0.3) is 5.79 Å². The van der Waals surface area contributed by atoms with Gasteiger partial charge in [-0.05, 0) is 32.3 Å². The smallest absolute Gasteiger partial charge is 0.450 e. The number of aryl methyl sites for hydroxylation is 1. The monoisotopic (exact) mass is 400 g/mol. The Kier molecular flexibility index (Phi) is 6.49. The van der Waals surface area contributed by atoms with Gasteiger partial charge in [0.2, 0.25) is 0 Å². The molecule has 29 heavy (non-hydrogen) atoms. The minimum absolute atomic E-state index is 0.0190. The van der Waals surface area contributed by atoms with Gasteiger partial charge in [-0.3, -0.25) is 0 Å². The first-order valence-electron chi connectivity index (χ1n) is 10.0. The second kappa shape index (κ2) is 8.88. The molecule has 0 radical (unpaired) electrons. The predicted molar refractivity (Wildman–Crippen MR) is 107 cm³/mol. The third kappa shape index (κ3) is 5.31. The maximum Gasteiger partial charge on any atom is 0.508 e. The van der Waals surface area contributed by atoms with E-state index in [1.54, 1.807) is 26.0 Å². The standard InChI is InChI=1S/C22H28N2O5/c1-4-5-6-7-8-16-13-23-19(24-14-16)17-9-11-18(12-10-17)22(28-20(25)26)15-27-21(2,3)29-22/h9-14H,4-8,15H2,1-3H3,(H,25,26)/t22-/m1/s1. The zero-order valence-electron chi connectivity index (χ0n) is 17.2. The second-order valence-electron chi connectivity index (χ2n) is 7.71. The van der Waals surface area contributed by atoms with E-state index in [-0.39, 0.29) is 6.61 Å². The maximum atomic E-state index is 11.2. The summed E-state index contributed by atoms with van der Waals surface area (Å²) in [5, 5.41) is 9.14.